The summed E-state index contributed by atoms with van der Waals surface area (Å²) in [7, 11) is -1.18. The van der Waals surface area contributed by atoms with Crippen molar-refractivity contribution < 1.29 is 13.7 Å². The second-order valence-electron chi connectivity index (χ2n) is 6.45. The predicted octanol–water partition coefficient (Wildman–Crippen LogP) is 2.23. The Morgan fingerprint density at radius 3 is 2.45 bits per heavy atom. The van der Waals surface area contributed by atoms with Gasteiger partial charge in [0.05, 0.1) is 10.8 Å². The SMILES string of the molecule is CC(C)(C)OC(=O)N1CCC(C[S@](=O)c2ncccn2)CC1. The molecule has 1 aliphatic rings. The fraction of sp³-hybridized carbons (Fsp3) is 0.667. The highest BCUT2D eigenvalue weighted by Crippen LogP contribution is 2.21. The highest BCUT2D eigenvalue weighted by atomic mass is 32.2. The molecule has 1 aliphatic heterocycles. The Kier molecular flexibility index (Phi) is 5.50. The maximum atomic E-state index is 12.2. The van der Waals surface area contributed by atoms with Gasteiger partial charge in [0.25, 0.3) is 0 Å². The average Bonchev–Trinajstić information content (AvgIpc) is 2.47. The topological polar surface area (TPSA) is 72.4 Å². The third-order valence-electron chi connectivity index (χ3n) is 3.40. The molecule has 6 nitrogen and oxygen atoms in total. The van der Waals surface area contributed by atoms with Gasteiger partial charge >= 0.3 is 6.09 Å². The molecule has 22 heavy (non-hydrogen) atoms. The van der Waals surface area contributed by atoms with Gasteiger partial charge in [-0.25, -0.2) is 14.8 Å². The highest BCUT2D eigenvalue weighted by Gasteiger charge is 2.28. The van der Waals surface area contributed by atoms with Crippen molar-refractivity contribution in [1.29, 1.82) is 0 Å². The molecule has 2 heterocycles. The Bertz CT molecular complexity index is 523. The van der Waals surface area contributed by atoms with E-state index in [9.17, 15) is 9.00 Å². The van der Waals surface area contributed by atoms with Crippen LogP contribution in [0, 0.1) is 5.92 Å². The minimum atomic E-state index is -1.18. The average molecular weight is 325 g/mol. The van der Waals surface area contributed by atoms with Crippen LogP contribution in [0.4, 0.5) is 4.79 Å². The molecular weight excluding hydrogens is 302 g/mol. The van der Waals surface area contributed by atoms with Crippen molar-refractivity contribution in [3.8, 4) is 0 Å². The van der Waals surface area contributed by atoms with E-state index in [1.807, 2.05) is 20.8 Å². The van der Waals surface area contributed by atoms with E-state index in [2.05, 4.69) is 9.97 Å². The molecule has 0 N–H and O–H groups in total. The molecule has 1 fully saturated rings. The largest absolute Gasteiger partial charge is 0.444 e. The Hall–Kier alpha value is -1.50. The third kappa shape index (κ3) is 5.05. The number of hydrogen-bond acceptors (Lipinski definition) is 5. The Labute approximate surface area is 133 Å². The number of carbonyl (C=O) groups is 1. The fourth-order valence-corrected chi connectivity index (χ4v) is 3.57. The molecule has 0 spiro atoms. The lowest BCUT2D eigenvalue weighted by atomic mass is 9.99. The van der Waals surface area contributed by atoms with Gasteiger partial charge in [0.2, 0.25) is 5.16 Å². The molecule has 122 valence electrons. The first-order valence-electron chi connectivity index (χ1n) is 7.48. The van der Waals surface area contributed by atoms with Gasteiger partial charge in [0, 0.05) is 31.2 Å². The zero-order chi connectivity index (χ0) is 16.2. The van der Waals surface area contributed by atoms with Crippen molar-refractivity contribution >= 4 is 16.9 Å². The van der Waals surface area contributed by atoms with Crippen molar-refractivity contribution in [2.75, 3.05) is 18.8 Å². The van der Waals surface area contributed by atoms with Gasteiger partial charge < -0.3 is 9.64 Å². The third-order valence-corrected chi connectivity index (χ3v) is 4.79. The predicted molar refractivity (Wildman–Crippen MR) is 83.8 cm³/mol. The zero-order valence-electron chi connectivity index (χ0n) is 13.3. The summed E-state index contributed by atoms with van der Waals surface area (Å²) in [6.45, 7) is 6.88. The van der Waals surface area contributed by atoms with E-state index in [1.165, 1.54) is 0 Å². The standard InChI is InChI=1S/C15H23N3O3S/c1-15(2,3)21-14(19)18-9-5-12(6-10-18)11-22(20)13-16-7-4-8-17-13/h4,7-8,12H,5-6,9-11H2,1-3H3/t22-/m0/s1. The van der Waals surface area contributed by atoms with E-state index in [0.717, 1.165) is 12.8 Å². The molecule has 0 saturated carbocycles. The smallest absolute Gasteiger partial charge is 0.410 e. The van der Waals surface area contributed by atoms with Crippen LogP contribution in [-0.2, 0) is 15.5 Å². The van der Waals surface area contributed by atoms with Crippen LogP contribution in [0.15, 0.2) is 23.6 Å². The second-order valence-corrected chi connectivity index (χ2v) is 7.84. The van der Waals surface area contributed by atoms with Gasteiger partial charge in [-0.3, -0.25) is 4.21 Å². The van der Waals surface area contributed by atoms with Crippen molar-refractivity contribution in [2.24, 2.45) is 5.92 Å². The van der Waals surface area contributed by atoms with Crippen molar-refractivity contribution in [3.63, 3.8) is 0 Å². The lowest BCUT2D eigenvalue weighted by Crippen LogP contribution is -2.42. The van der Waals surface area contributed by atoms with Crippen LogP contribution < -0.4 is 0 Å². The van der Waals surface area contributed by atoms with E-state index in [0.29, 0.717) is 29.9 Å². The van der Waals surface area contributed by atoms with E-state index < -0.39 is 16.4 Å². The fourth-order valence-electron chi connectivity index (χ4n) is 2.30. The normalized spacial score (nSPS) is 18.0. The number of amides is 1. The maximum Gasteiger partial charge on any atom is 0.410 e. The van der Waals surface area contributed by atoms with Gasteiger partial charge in [0.1, 0.15) is 5.60 Å². The minimum Gasteiger partial charge on any atom is -0.444 e. The van der Waals surface area contributed by atoms with Crippen LogP contribution >= 0.6 is 0 Å². The first-order valence-corrected chi connectivity index (χ1v) is 8.80. The number of hydrogen-bond donors (Lipinski definition) is 0. The summed E-state index contributed by atoms with van der Waals surface area (Å²) in [5.41, 5.74) is -0.472. The van der Waals surface area contributed by atoms with E-state index in [4.69, 9.17) is 4.74 Å². The molecule has 0 bridgehead atoms. The molecule has 0 aromatic carbocycles. The van der Waals surface area contributed by atoms with E-state index in [1.54, 1.807) is 23.4 Å². The molecule has 0 aliphatic carbocycles. The highest BCUT2D eigenvalue weighted by molar-refractivity contribution is 7.84. The van der Waals surface area contributed by atoms with Crippen molar-refractivity contribution in [2.45, 2.75) is 44.4 Å². The number of carbonyl (C=O) groups excluding carboxylic acids is 1. The van der Waals surface area contributed by atoms with Crippen molar-refractivity contribution in [1.82, 2.24) is 14.9 Å². The van der Waals surface area contributed by atoms with Gasteiger partial charge in [-0.1, -0.05) is 0 Å². The number of nitrogens with zero attached hydrogens (tertiary/aromatic N) is 3. The Morgan fingerprint density at radius 2 is 1.91 bits per heavy atom. The van der Waals surface area contributed by atoms with Crippen LogP contribution in [0.5, 0.6) is 0 Å². The number of rotatable bonds is 3. The molecule has 2 rings (SSSR count). The second kappa shape index (κ2) is 7.17. The summed E-state index contributed by atoms with van der Waals surface area (Å²) >= 11 is 0. The van der Waals surface area contributed by atoms with Gasteiger partial charge in [0.15, 0.2) is 0 Å². The minimum absolute atomic E-state index is 0.265. The molecule has 0 unspecified atom stereocenters. The quantitative estimate of drug-likeness (QED) is 0.797. The Balaban J connectivity index is 1.80. The van der Waals surface area contributed by atoms with E-state index >= 15 is 0 Å². The Morgan fingerprint density at radius 1 is 1.32 bits per heavy atom. The summed E-state index contributed by atoms with van der Waals surface area (Å²) in [5.74, 6) is 0.870. The van der Waals surface area contributed by atoms with Gasteiger partial charge in [-0.15, -0.1) is 0 Å². The first kappa shape index (κ1) is 16.9. The molecule has 7 heteroatoms. The van der Waals surface area contributed by atoms with Crippen molar-refractivity contribution in [3.05, 3.63) is 18.5 Å². The molecule has 0 radical (unpaired) electrons. The summed E-state index contributed by atoms with van der Waals surface area (Å²) in [5, 5.41) is 0.386. The monoisotopic (exact) mass is 325 g/mol. The summed E-state index contributed by atoms with van der Waals surface area (Å²) in [6.07, 6.45) is 4.60. The zero-order valence-corrected chi connectivity index (χ0v) is 14.1. The van der Waals surface area contributed by atoms with Gasteiger partial charge in [-0.05, 0) is 45.6 Å². The number of ether oxygens (including phenoxy) is 1. The lowest BCUT2D eigenvalue weighted by molar-refractivity contribution is 0.0191. The first-order chi connectivity index (χ1) is 10.3. The van der Waals surface area contributed by atoms with Crippen LogP contribution in [0.1, 0.15) is 33.6 Å². The summed E-state index contributed by atoms with van der Waals surface area (Å²) in [4.78, 5) is 21.8. The van der Waals surface area contributed by atoms with Crippen LogP contribution in [0.3, 0.4) is 0 Å². The van der Waals surface area contributed by atoms with Crippen LogP contribution in [0.25, 0.3) is 0 Å². The number of likely N-dealkylation sites (tertiary alicyclic amines) is 1. The van der Waals surface area contributed by atoms with Crippen LogP contribution in [0.2, 0.25) is 0 Å². The number of piperidine rings is 1. The summed E-state index contributed by atoms with van der Waals surface area (Å²) in [6, 6.07) is 1.71. The molecule has 1 aromatic heterocycles. The molecule has 1 saturated heterocycles. The molecule has 1 atom stereocenters. The summed E-state index contributed by atoms with van der Waals surface area (Å²) < 4.78 is 17.6. The lowest BCUT2D eigenvalue weighted by Gasteiger charge is -2.33. The maximum absolute atomic E-state index is 12.2. The number of aromatic nitrogens is 2. The molecular formula is C15H23N3O3S. The molecule has 1 aromatic rings. The molecule has 1 amide bonds. The van der Waals surface area contributed by atoms with E-state index in [-0.39, 0.29) is 6.09 Å². The van der Waals surface area contributed by atoms with Crippen LogP contribution in [-0.4, -0.2) is 49.6 Å². The van der Waals surface area contributed by atoms with Gasteiger partial charge in [-0.2, -0.15) is 0 Å².